The number of ether oxygens (including phenoxy) is 2. The summed E-state index contributed by atoms with van der Waals surface area (Å²) in [6.45, 7) is 3.94. The first-order chi connectivity index (χ1) is 6.26. The molecule has 0 N–H and O–H groups in total. The first kappa shape index (κ1) is 11.5. The van der Waals surface area contributed by atoms with Gasteiger partial charge >= 0.3 is 5.97 Å². The van der Waals surface area contributed by atoms with Gasteiger partial charge in [-0.1, -0.05) is 0 Å². The maximum atomic E-state index is 11.1. The Kier molecular flexibility index (Phi) is 6.34. The van der Waals surface area contributed by atoms with E-state index in [1.54, 1.807) is 13.8 Å². The summed E-state index contributed by atoms with van der Waals surface area (Å²) in [7, 11) is 0. The standard InChI is InChI=1S/C9H13NO3/c1-3-8(9(11)12-4-2)13-7-5-6-10/h3H,4-5,7H2,1-2H3/b8-3-. The van der Waals surface area contributed by atoms with Crippen LogP contribution >= 0.6 is 0 Å². The second kappa shape index (κ2) is 7.17. The fourth-order valence-corrected chi connectivity index (χ4v) is 0.669. The molecule has 0 rings (SSSR count). The molecule has 4 heteroatoms. The summed E-state index contributed by atoms with van der Waals surface area (Å²) < 4.78 is 9.72. The predicted molar refractivity (Wildman–Crippen MR) is 46.6 cm³/mol. The van der Waals surface area contributed by atoms with Crippen molar-refractivity contribution in [3.05, 3.63) is 11.8 Å². The van der Waals surface area contributed by atoms with Crippen molar-refractivity contribution in [3.63, 3.8) is 0 Å². The summed E-state index contributed by atoms with van der Waals surface area (Å²) in [5.41, 5.74) is 0. The van der Waals surface area contributed by atoms with Gasteiger partial charge in [0.15, 0.2) is 5.76 Å². The first-order valence-corrected chi connectivity index (χ1v) is 4.09. The molecule has 13 heavy (non-hydrogen) atoms. The molecule has 72 valence electrons. The molecule has 0 aromatic heterocycles. The quantitative estimate of drug-likeness (QED) is 0.279. The molecule has 4 nitrogen and oxygen atoms in total. The normalized spacial score (nSPS) is 10.4. The maximum absolute atomic E-state index is 11.1. The second-order valence-corrected chi connectivity index (χ2v) is 2.13. The molecule has 0 aliphatic carbocycles. The van der Waals surface area contributed by atoms with E-state index in [4.69, 9.17) is 14.7 Å². The number of nitriles is 1. The summed E-state index contributed by atoms with van der Waals surface area (Å²) in [6, 6.07) is 1.91. The highest BCUT2D eigenvalue weighted by molar-refractivity contribution is 5.86. The molecule has 0 radical (unpaired) electrons. The Hall–Kier alpha value is -1.50. The summed E-state index contributed by atoms with van der Waals surface area (Å²) in [6.07, 6.45) is 1.78. The Bertz CT molecular complexity index is 228. The minimum Gasteiger partial charge on any atom is -0.486 e. The van der Waals surface area contributed by atoms with Gasteiger partial charge in [-0.2, -0.15) is 5.26 Å². The number of hydrogen-bond donors (Lipinski definition) is 0. The average Bonchev–Trinajstić information content (AvgIpc) is 2.13. The number of nitrogens with zero attached hydrogens (tertiary/aromatic N) is 1. The molecule has 0 aliphatic rings. The van der Waals surface area contributed by atoms with Crippen LogP contribution in [0, 0.1) is 11.3 Å². The Morgan fingerprint density at radius 1 is 1.54 bits per heavy atom. The van der Waals surface area contributed by atoms with Gasteiger partial charge in [0.05, 0.1) is 19.1 Å². The van der Waals surface area contributed by atoms with Crippen LogP contribution in [-0.2, 0) is 14.3 Å². The van der Waals surface area contributed by atoms with Crippen molar-refractivity contribution < 1.29 is 14.3 Å². The van der Waals surface area contributed by atoms with E-state index < -0.39 is 5.97 Å². The number of allylic oxidation sites excluding steroid dienone is 1. The van der Waals surface area contributed by atoms with E-state index in [1.807, 2.05) is 6.07 Å². The molecule has 0 spiro atoms. The molecule has 0 bridgehead atoms. The molecule has 0 atom stereocenters. The topological polar surface area (TPSA) is 59.3 Å². The zero-order valence-corrected chi connectivity index (χ0v) is 7.87. The second-order valence-electron chi connectivity index (χ2n) is 2.13. The molecule has 0 fully saturated rings. The van der Waals surface area contributed by atoms with Crippen molar-refractivity contribution in [1.29, 1.82) is 5.26 Å². The summed E-state index contributed by atoms with van der Waals surface area (Å²) in [5.74, 6) is -0.319. The van der Waals surface area contributed by atoms with Crippen molar-refractivity contribution in [2.45, 2.75) is 20.3 Å². The van der Waals surface area contributed by atoms with E-state index in [-0.39, 0.29) is 18.8 Å². The van der Waals surface area contributed by atoms with Crippen molar-refractivity contribution in [2.24, 2.45) is 0 Å². The summed E-state index contributed by atoms with van der Waals surface area (Å²) >= 11 is 0. The molecular formula is C9H13NO3. The van der Waals surface area contributed by atoms with Crippen LogP contribution in [0.15, 0.2) is 11.8 Å². The van der Waals surface area contributed by atoms with Gasteiger partial charge in [-0.05, 0) is 19.9 Å². The number of rotatable bonds is 5. The molecule has 0 saturated heterocycles. The maximum Gasteiger partial charge on any atom is 0.373 e. The highest BCUT2D eigenvalue weighted by Gasteiger charge is 2.09. The molecule has 0 heterocycles. The smallest absolute Gasteiger partial charge is 0.373 e. The molecule has 0 aliphatic heterocycles. The summed E-state index contributed by atoms with van der Waals surface area (Å²) in [5, 5.41) is 8.23. The van der Waals surface area contributed by atoms with Crippen LogP contribution in [0.2, 0.25) is 0 Å². The fourth-order valence-electron chi connectivity index (χ4n) is 0.669. The average molecular weight is 183 g/mol. The Labute approximate surface area is 77.8 Å². The highest BCUT2D eigenvalue weighted by atomic mass is 16.6. The van der Waals surface area contributed by atoms with Crippen LogP contribution < -0.4 is 0 Å². The van der Waals surface area contributed by atoms with Crippen LogP contribution in [0.3, 0.4) is 0 Å². The number of carbonyl (C=O) groups excluding carboxylic acids is 1. The Morgan fingerprint density at radius 3 is 2.69 bits per heavy atom. The van der Waals surface area contributed by atoms with Gasteiger partial charge in [0, 0.05) is 0 Å². The molecule has 0 amide bonds. The molecular weight excluding hydrogens is 170 g/mol. The zero-order chi connectivity index (χ0) is 10.1. The van der Waals surface area contributed by atoms with Crippen molar-refractivity contribution >= 4 is 5.97 Å². The lowest BCUT2D eigenvalue weighted by Crippen LogP contribution is -2.10. The van der Waals surface area contributed by atoms with E-state index >= 15 is 0 Å². The van der Waals surface area contributed by atoms with Gasteiger partial charge in [-0.15, -0.1) is 0 Å². The summed E-state index contributed by atoms with van der Waals surface area (Å²) in [4.78, 5) is 11.1. The van der Waals surface area contributed by atoms with E-state index in [9.17, 15) is 4.79 Å². The minimum absolute atomic E-state index is 0.164. The van der Waals surface area contributed by atoms with Crippen LogP contribution in [-0.4, -0.2) is 19.2 Å². The lowest BCUT2D eigenvalue weighted by atomic mass is 10.4. The monoisotopic (exact) mass is 183 g/mol. The lowest BCUT2D eigenvalue weighted by Gasteiger charge is -2.06. The predicted octanol–water partition coefficient (Wildman–Crippen LogP) is 1.38. The van der Waals surface area contributed by atoms with Crippen LogP contribution in [0.4, 0.5) is 0 Å². The molecule has 0 saturated carbocycles. The SMILES string of the molecule is C/C=C(\OCCC#N)C(=O)OCC. The van der Waals surface area contributed by atoms with E-state index in [0.717, 1.165) is 0 Å². The van der Waals surface area contributed by atoms with Crippen molar-refractivity contribution in [1.82, 2.24) is 0 Å². The Morgan fingerprint density at radius 2 is 2.23 bits per heavy atom. The van der Waals surface area contributed by atoms with E-state index in [2.05, 4.69) is 0 Å². The van der Waals surface area contributed by atoms with Gasteiger partial charge in [-0.25, -0.2) is 4.79 Å². The third-order valence-corrected chi connectivity index (χ3v) is 1.21. The zero-order valence-electron chi connectivity index (χ0n) is 7.87. The molecule has 0 unspecified atom stereocenters. The van der Waals surface area contributed by atoms with Crippen molar-refractivity contribution in [2.75, 3.05) is 13.2 Å². The Balaban J connectivity index is 3.91. The first-order valence-electron chi connectivity index (χ1n) is 4.09. The largest absolute Gasteiger partial charge is 0.486 e. The third kappa shape index (κ3) is 4.86. The third-order valence-electron chi connectivity index (χ3n) is 1.21. The highest BCUT2D eigenvalue weighted by Crippen LogP contribution is 2.01. The van der Waals surface area contributed by atoms with Crippen LogP contribution in [0.1, 0.15) is 20.3 Å². The van der Waals surface area contributed by atoms with Gasteiger partial charge in [0.25, 0.3) is 0 Å². The van der Waals surface area contributed by atoms with E-state index in [0.29, 0.717) is 6.61 Å². The van der Waals surface area contributed by atoms with Crippen molar-refractivity contribution in [3.8, 4) is 6.07 Å². The fraction of sp³-hybridized carbons (Fsp3) is 0.556. The minimum atomic E-state index is -0.483. The number of carbonyl (C=O) groups is 1. The number of hydrogen-bond acceptors (Lipinski definition) is 4. The molecule has 0 aromatic rings. The van der Waals surface area contributed by atoms with Crippen LogP contribution in [0.25, 0.3) is 0 Å². The van der Waals surface area contributed by atoms with E-state index in [1.165, 1.54) is 6.08 Å². The van der Waals surface area contributed by atoms with Gasteiger partial charge in [0.1, 0.15) is 6.61 Å². The van der Waals surface area contributed by atoms with Crippen LogP contribution in [0.5, 0.6) is 0 Å². The van der Waals surface area contributed by atoms with Gasteiger partial charge in [-0.3, -0.25) is 0 Å². The van der Waals surface area contributed by atoms with Gasteiger partial charge < -0.3 is 9.47 Å². The molecule has 0 aromatic carbocycles. The van der Waals surface area contributed by atoms with Gasteiger partial charge in [0.2, 0.25) is 0 Å². The lowest BCUT2D eigenvalue weighted by molar-refractivity contribution is -0.142. The number of esters is 1.